The van der Waals surface area contributed by atoms with E-state index in [4.69, 9.17) is 29.0 Å². The van der Waals surface area contributed by atoms with Crippen molar-refractivity contribution in [2.45, 2.75) is 77.4 Å². The number of methoxy groups -OCH3 is 2. The van der Waals surface area contributed by atoms with E-state index in [0.717, 1.165) is 58.0 Å². The number of aromatic nitrogens is 5. The largest absolute Gasteiger partial charge is 0.497 e. The molecule has 0 amide bonds. The van der Waals surface area contributed by atoms with Gasteiger partial charge in [0.2, 0.25) is 0 Å². The molecule has 9 nitrogen and oxygen atoms in total. The van der Waals surface area contributed by atoms with E-state index in [1.165, 1.54) is 0 Å². The van der Waals surface area contributed by atoms with E-state index < -0.39 is 8.32 Å². The first-order valence-corrected chi connectivity index (χ1v) is 17.3. The van der Waals surface area contributed by atoms with Crippen LogP contribution in [-0.2, 0) is 18.0 Å². The molecule has 3 heterocycles. The maximum Gasteiger partial charge on any atom is 0.192 e. The summed E-state index contributed by atoms with van der Waals surface area (Å²) in [5.41, 5.74) is 3.84. The highest BCUT2D eigenvalue weighted by Gasteiger charge is 2.43. The smallest absolute Gasteiger partial charge is 0.192 e. The third kappa shape index (κ3) is 5.72. The molecule has 220 valence electrons. The van der Waals surface area contributed by atoms with Crippen LogP contribution in [0.3, 0.4) is 0 Å². The lowest BCUT2D eigenvalue weighted by molar-refractivity contribution is 0.147. The lowest BCUT2D eigenvalue weighted by atomic mass is 10.1. The van der Waals surface area contributed by atoms with Gasteiger partial charge in [-0.2, -0.15) is 5.10 Å². The van der Waals surface area contributed by atoms with Crippen LogP contribution in [0.5, 0.6) is 11.5 Å². The van der Waals surface area contributed by atoms with E-state index >= 15 is 0 Å². The number of fused-ring (bicyclic) bond motifs is 1. The number of anilines is 1. The molecular weight excluding hydrogens is 532 g/mol. The van der Waals surface area contributed by atoms with Crippen molar-refractivity contribution in [1.29, 1.82) is 0 Å². The molecule has 41 heavy (non-hydrogen) atoms. The van der Waals surface area contributed by atoms with Crippen molar-refractivity contribution in [1.82, 2.24) is 24.3 Å². The Labute approximate surface area is 244 Å². The summed E-state index contributed by atoms with van der Waals surface area (Å²) >= 11 is 0. The molecule has 4 aromatic rings. The molecule has 3 atom stereocenters. The van der Waals surface area contributed by atoms with Crippen molar-refractivity contribution in [3.8, 4) is 22.8 Å². The molecule has 1 saturated carbocycles. The predicted octanol–water partition coefficient (Wildman–Crippen LogP) is 6.82. The second-order valence-electron chi connectivity index (χ2n) is 12.8. The number of nitrogens with one attached hydrogen (secondary N) is 1. The first-order valence-electron chi connectivity index (χ1n) is 14.4. The molecular formula is C31H44N6O3Si. The minimum absolute atomic E-state index is 0.178. The van der Waals surface area contributed by atoms with Crippen molar-refractivity contribution < 1.29 is 13.9 Å². The zero-order valence-electron chi connectivity index (χ0n) is 25.9. The van der Waals surface area contributed by atoms with Gasteiger partial charge in [0.15, 0.2) is 8.32 Å². The van der Waals surface area contributed by atoms with Gasteiger partial charge in [0.05, 0.1) is 25.3 Å². The summed E-state index contributed by atoms with van der Waals surface area (Å²) in [5, 5.41) is 9.46. The molecule has 1 N–H and O–H groups in total. The molecule has 0 spiro atoms. The molecule has 0 aliphatic heterocycles. The van der Waals surface area contributed by atoms with Crippen molar-refractivity contribution in [3.05, 3.63) is 48.5 Å². The molecule has 1 aromatic carbocycles. The zero-order chi connectivity index (χ0) is 29.5. The Morgan fingerprint density at radius 3 is 2.51 bits per heavy atom. The summed E-state index contributed by atoms with van der Waals surface area (Å²) in [5.74, 6) is 2.75. The topological polar surface area (TPSA) is 88.2 Å². The van der Waals surface area contributed by atoms with Gasteiger partial charge in [-0.05, 0) is 55.1 Å². The summed E-state index contributed by atoms with van der Waals surface area (Å²) in [7, 11) is 3.38. The van der Waals surface area contributed by atoms with E-state index in [0.29, 0.717) is 12.5 Å². The molecule has 10 heteroatoms. The lowest BCUT2D eigenvalue weighted by Crippen LogP contribution is -2.44. The summed E-state index contributed by atoms with van der Waals surface area (Å²) in [6.45, 7) is 14.5. The number of benzene rings is 1. The van der Waals surface area contributed by atoms with Gasteiger partial charge < -0.3 is 23.8 Å². The summed E-state index contributed by atoms with van der Waals surface area (Å²) < 4.78 is 22.1. The van der Waals surface area contributed by atoms with Crippen LogP contribution < -0.4 is 14.8 Å². The fourth-order valence-electron chi connectivity index (χ4n) is 5.55. The summed E-state index contributed by atoms with van der Waals surface area (Å²) in [6, 6.07) is 8.17. The van der Waals surface area contributed by atoms with Crippen LogP contribution in [0.25, 0.3) is 22.3 Å². The van der Waals surface area contributed by atoms with Crippen LogP contribution in [0.4, 0.5) is 5.82 Å². The SMILES string of the molecule is COc1ccc(CNc2ncnc3c2c(-c2ccn(C)n2)cn3[C@H]2CC(O[Si](C)(C)C(C)(C)C)[C@@H](C)C2)c(OC)c1. The van der Waals surface area contributed by atoms with Gasteiger partial charge in [-0.15, -0.1) is 0 Å². The van der Waals surface area contributed by atoms with E-state index in [9.17, 15) is 0 Å². The number of nitrogens with zero attached hydrogens (tertiary/aromatic N) is 5. The number of rotatable bonds is 9. The number of hydrogen-bond acceptors (Lipinski definition) is 7. The molecule has 0 bridgehead atoms. The second kappa shape index (κ2) is 11.1. The van der Waals surface area contributed by atoms with E-state index in [1.54, 1.807) is 20.5 Å². The highest BCUT2D eigenvalue weighted by molar-refractivity contribution is 6.74. The molecule has 1 aliphatic carbocycles. The maximum atomic E-state index is 6.93. The molecule has 1 fully saturated rings. The van der Waals surface area contributed by atoms with Crippen LogP contribution in [0, 0.1) is 5.92 Å². The molecule has 0 saturated heterocycles. The minimum atomic E-state index is -1.88. The number of hydrogen-bond donors (Lipinski definition) is 1. The highest BCUT2D eigenvalue weighted by Crippen LogP contribution is 2.45. The Bertz CT molecular complexity index is 1520. The Kier molecular flexibility index (Phi) is 7.91. The Morgan fingerprint density at radius 2 is 1.85 bits per heavy atom. The molecule has 3 aromatic heterocycles. The van der Waals surface area contributed by atoms with Gasteiger partial charge in [-0.1, -0.05) is 27.7 Å². The van der Waals surface area contributed by atoms with E-state index in [2.05, 4.69) is 56.9 Å². The lowest BCUT2D eigenvalue weighted by Gasteiger charge is -2.39. The summed E-state index contributed by atoms with van der Waals surface area (Å²) in [6.07, 6.45) is 8.08. The van der Waals surface area contributed by atoms with Crippen molar-refractivity contribution in [2.75, 3.05) is 19.5 Å². The minimum Gasteiger partial charge on any atom is -0.497 e. The third-order valence-corrected chi connectivity index (χ3v) is 13.5. The van der Waals surface area contributed by atoms with Gasteiger partial charge in [0, 0.05) is 55.3 Å². The average Bonchev–Trinajstić information content (AvgIpc) is 3.63. The number of aryl methyl sites for hydroxylation is 1. The molecule has 0 radical (unpaired) electrons. The van der Waals surface area contributed by atoms with Crippen LogP contribution in [0.2, 0.25) is 18.1 Å². The Morgan fingerprint density at radius 1 is 1.07 bits per heavy atom. The van der Waals surface area contributed by atoms with Crippen molar-refractivity contribution in [3.63, 3.8) is 0 Å². The van der Waals surface area contributed by atoms with Crippen molar-refractivity contribution >= 4 is 25.2 Å². The van der Waals surface area contributed by atoms with Crippen LogP contribution in [0.1, 0.15) is 52.1 Å². The molecule has 1 unspecified atom stereocenters. The van der Waals surface area contributed by atoms with Crippen LogP contribution >= 0.6 is 0 Å². The quantitative estimate of drug-likeness (QED) is 0.219. The molecule has 1 aliphatic rings. The maximum absolute atomic E-state index is 6.93. The Hall–Kier alpha value is -3.37. The average molecular weight is 577 g/mol. The van der Waals surface area contributed by atoms with Gasteiger partial charge in [-0.3, -0.25) is 4.68 Å². The normalized spacial score (nSPS) is 19.6. The van der Waals surface area contributed by atoms with Gasteiger partial charge in [-0.25, -0.2) is 9.97 Å². The molecule has 5 rings (SSSR count). The first-order chi connectivity index (χ1) is 19.4. The number of ether oxygens (including phenoxy) is 2. The van der Waals surface area contributed by atoms with Crippen LogP contribution in [-0.4, -0.2) is 53.0 Å². The fraction of sp³-hybridized carbons (Fsp3) is 0.516. The zero-order valence-corrected chi connectivity index (χ0v) is 26.9. The standard InChI is InChI=1S/C31H44N6O3Si/c1-20-14-22(15-26(20)40-41(8,9)31(2,3)4)37-18-24(25-12-13-36(5)35-25)28-29(33-19-34-30(28)37)32-17-21-10-11-23(38-6)16-27(21)39-7/h10-13,16,18-20,22,26H,14-15,17H2,1-9H3,(H,32,33,34)/t20-,22+,26?/m0/s1. The second-order valence-corrected chi connectivity index (χ2v) is 17.6. The Balaban J connectivity index is 1.51. The van der Waals surface area contributed by atoms with E-state index in [1.807, 2.05) is 42.2 Å². The summed E-state index contributed by atoms with van der Waals surface area (Å²) in [4.78, 5) is 9.51. The third-order valence-electron chi connectivity index (χ3n) is 8.97. The van der Waals surface area contributed by atoms with Gasteiger partial charge in [0.1, 0.15) is 29.3 Å². The predicted molar refractivity (Wildman–Crippen MR) is 166 cm³/mol. The van der Waals surface area contributed by atoms with Crippen molar-refractivity contribution in [2.24, 2.45) is 13.0 Å². The fourth-order valence-corrected chi connectivity index (χ4v) is 6.99. The van der Waals surface area contributed by atoms with Gasteiger partial charge >= 0.3 is 0 Å². The van der Waals surface area contributed by atoms with E-state index in [-0.39, 0.29) is 17.2 Å². The highest BCUT2D eigenvalue weighted by atomic mass is 28.4. The van der Waals surface area contributed by atoms with Gasteiger partial charge in [0.25, 0.3) is 0 Å². The monoisotopic (exact) mass is 576 g/mol. The van der Waals surface area contributed by atoms with Crippen LogP contribution in [0.15, 0.2) is 43.0 Å². The first kappa shape index (κ1) is 29.1.